The number of aromatic nitrogens is 1. The fourth-order valence-corrected chi connectivity index (χ4v) is 4.42. The molecule has 0 aromatic carbocycles. The van der Waals surface area contributed by atoms with Crippen molar-refractivity contribution in [2.45, 2.75) is 57.6 Å². The predicted molar refractivity (Wildman–Crippen MR) is 91.9 cm³/mol. The highest BCUT2D eigenvalue weighted by molar-refractivity contribution is 7.13. The summed E-state index contributed by atoms with van der Waals surface area (Å²) in [6.45, 7) is 9.55. The fraction of sp³-hybridized carbons (Fsp3) is 0.765. The SMILES string of the molecule is CC(C)(C)c1ncc(C(=O)N2CCN([C@@H]3CCC[C@H]3O)CC2)s1. The Labute approximate surface area is 142 Å². The van der Waals surface area contributed by atoms with Crippen molar-refractivity contribution < 1.29 is 9.90 Å². The largest absolute Gasteiger partial charge is 0.391 e. The lowest BCUT2D eigenvalue weighted by Gasteiger charge is -2.38. The molecule has 6 heteroatoms. The molecular weight excluding hydrogens is 310 g/mol. The number of piperazine rings is 1. The van der Waals surface area contributed by atoms with Crippen molar-refractivity contribution in [1.82, 2.24) is 14.8 Å². The van der Waals surface area contributed by atoms with Crippen LogP contribution in [0.15, 0.2) is 6.20 Å². The monoisotopic (exact) mass is 337 g/mol. The second kappa shape index (κ2) is 6.49. The third-order valence-electron chi connectivity index (χ3n) is 4.87. The number of nitrogens with zero attached hydrogens (tertiary/aromatic N) is 3. The van der Waals surface area contributed by atoms with E-state index in [1.54, 1.807) is 6.20 Å². The second-order valence-electron chi connectivity index (χ2n) is 7.67. The third kappa shape index (κ3) is 3.59. The number of rotatable bonds is 2. The molecule has 1 aromatic rings. The van der Waals surface area contributed by atoms with Crippen LogP contribution in [0.2, 0.25) is 0 Å². The van der Waals surface area contributed by atoms with E-state index in [2.05, 4.69) is 30.7 Å². The molecular formula is C17H27N3O2S. The molecule has 128 valence electrons. The van der Waals surface area contributed by atoms with Gasteiger partial charge in [0, 0.05) is 37.6 Å². The van der Waals surface area contributed by atoms with Gasteiger partial charge in [-0.25, -0.2) is 4.98 Å². The van der Waals surface area contributed by atoms with Crippen LogP contribution in [-0.4, -0.2) is 64.1 Å². The van der Waals surface area contributed by atoms with Crippen molar-refractivity contribution in [2.75, 3.05) is 26.2 Å². The third-order valence-corrected chi connectivity index (χ3v) is 6.28. The molecule has 1 aromatic heterocycles. The highest BCUT2D eigenvalue weighted by Gasteiger charge is 2.34. The van der Waals surface area contributed by atoms with Crippen molar-refractivity contribution in [3.05, 3.63) is 16.1 Å². The van der Waals surface area contributed by atoms with Gasteiger partial charge in [0.15, 0.2) is 0 Å². The molecule has 0 unspecified atom stereocenters. The molecule has 1 saturated carbocycles. The van der Waals surface area contributed by atoms with Crippen LogP contribution in [0.4, 0.5) is 0 Å². The molecule has 0 spiro atoms. The Bertz CT molecular complexity index is 558. The van der Waals surface area contributed by atoms with Crippen molar-refractivity contribution in [2.24, 2.45) is 0 Å². The zero-order chi connectivity index (χ0) is 16.6. The number of hydrogen-bond acceptors (Lipinski definition) is 5. The van der Waals surface area contributed by atoms with Gasteiger partial charge < -0.3 is 10.0 Å². The molecule has 1 aliphatic carbocycles. The van der Waals surface area contributed by atoms with Gasteiger partial charge in [-0.3, -0.25) is 9.69 Å². The molecule has 2 heterocycles. The summed E-state index contributed by atoms with van der Waals surface area (Å²) in [5.74, 6) is 0.102. The maximum absolute atomic E-state index is 12.7. The molecule has 23 heavy (non-hydrogen) atoms. The minimum absolute atomic E-state index is 0.0134. The number of aliphatic hydroxyl groups excluding tert-OH is 1. The van der Waals surface area contributed by atoms with Gasteiger partial charge in [-0.05, 0) is 19.3 Å². The number of hydrogen-bond donors (Lipinski definition) is 1. The standard InChI is InChI=1S/C17H27N3O2S/c1-17(2,3)16-18-11-14(23-16)15(22)20-9-7-19(8-10-20)12-5-4-6-13(12)21/h11-13,21H,4-10H2,1-3H3/t12-,13-/m1/s1. The Morgan fingerprint density at radius 3 is 2.48 bits per heavy atom. The van der Waals surface area contributed by atoms with Crippen LogP contribution in [0.25, 0.3) is 0 Å². The van der Waals surface area contributed by atoms with E-state index >= 15 is 0 Å². The highest BCUT2D eigenvalue weighted by Crippen LogP contribution is 2.28. The molecule has 3 rings (SSSR count). The zero-order valence-electron chi connectivity index (χ0n) is 14.3. The summed E-state index contributed by atoms with van der Waals surface area (Å²) in [5.41, 5.74) is -0.0134. The first kappa shape index (κ1) is 16.9. The summed E-state index contributed by atoms with van der Waals surface area (Å²) in [4.78, 5) is 22.1. The zero-order valence-corrected chi connectivity index (χ0v) is 15.1. The van der Waals surface area contributed by atoms with E-state index in [1.807, 2.05) is 4.90 Å². The topological polar surface area (TPSA) is 56.7 Å². The van der Waals surface area contributed by atoms with E-state index in [-0.39, 0.29) is 17.4 Å². The van der Waals surface area contributed by atoms with E-state index in [9.17, 15) is 9.90 Å². The smallest absolute Gasteiger partial charge is 0.265 e. The Kier molecular flexibility index (Phi) is 4.76. The van der Waals surface area contributed by atoms with Crippen LogP contribution in [0.1, 0.15) is 54.7 Å². The Balaban J connectivity index is 1.59. The van der Waals surface area contributed by atoms with Gasteiger partial charge in [0.1, 0.15) is 4.88 Å². The predicted octanol–water partition coefficient (Wildman–Crippen LogP) is 2.11. The minimum Gasteiger partial charge on any atom is -0.391 e. The first-order valence-electron chi connectivity index (χ1n) is 8.54. The quantitative estimate of drug-likeness (QED) is 0.898. The first-order chi connectivity index (χ1) is 10.9. The Hall–Kier alpha value is -0.980. The summed E-state index contributed by atoms with van der Waals surface area (Å²) in [5, 5.41) is 11.1. The van der Waals surface area contributed by atoms with Crippen molar-refractivity contribution in [3.63, 3.8) is 0 Å². The molecule has 5 nitrogen and oxygen atoms in total. The molecule has 1 saturated heterocycles. The summed E-state index contributed by atoms with van der Waals surface area (Å²) < 4.78 is 0. The van der Waals surface area contributed by atoms with Crippen LogP contribution in [0.3, 0.4) is 0 Å². The van der Waals surface area contributed by atoms with Crippen molar-refractivity contribution >= 4 is 17.2 Å². The molecule has 2 fully saturated rings. The molecule has 1 amide bonds. The Morgan fingerprint density at radius 1 is 1.26 bits per heavy atom. The average molecular weight is 337 g/mol. The lowest BCUT2D eigenvalue weighted by molar-refractivity contribution is 0.0317. The second-order valence-corrected chi connectivity index (χ2v) is 8.70. The summed E-state index contributed by atoms with van der Waals surface area (Å²) in [6.07, 6.45) is 4.65. The molecule has 1 N–H and O–H groups in total. The lowest BCUT2D eigenvalue weighted by Crippen LogP contribution is -2.53. The molecule has 0 bridgehead atoms. The molecule has 1 aliphatic heterocycles. The van der Waals surface area contributed by atoms with Gasteiger partial charge in [0.05, 0.1) is 17.3 Å². The molecule has 2 aliphatic rings. The minimum atomic E-state index is -0.187. The summed E-state index contributed by atoms with van der Waals surface area (Å²) in [7, 11) is 0. The first-order valence-corrected chi connectivity index (χ1v) is 9.35. The van der Waals surface area contributed by atoms with E-state index in [4.69, 9.17) is 0 Å². The Morgan fingerprint density at radius 2 is 1.96 bits per heavy atom. The van der Waals surface area contributed by atoms with Gasteiger partial charge >= 0.3 is 0 Å². The van der Waals surface area contributed by atoms with Crippen LogP contribution in [0.5, 0.6) is 0 Å². The van der Waals surface area contributed by atoms with E-state index in [1.165, 1.54) is 11.3 Å². The van der Waals surface area contributed by atoms with E-state index in [0.29, 0.717) is 6.04 Å². The van der Waals surface area contributed by atoms with Gasteiger partial charge in [0.25, 0.3) is 5.91 Å². The van der Waals surface area contributed by atoms with Crippen LogP contribution >= 0.6 is 11.3 Å². The maximum Gasteiger partial charge on any atom is 0.265 e. The highest BCUT2D eigenvalue weighted by atomic mass is 32.1. The lowest BCUT2D eigenvalue weighted by atomic mass is 9.98. The van der Waals surface area contributed by atoms with Crippen molar-refractivity contribution in [1.29, 1.82) is 0 Å². The fourth-order valence-electron chi connectivity index (χ4n) is 3.48. The van der Waals surface area contributed by atoms with Crippen molar-refractivity contribution in [3.8, 4) is 0 Å². The number of amides is 1. The van der Waals surface area contributed by atoms with Crippen LogP contribution < -0.4 is 0 Å². The number of thiazole rings is 1. The molecule has 0 radical (unpaired) electrons. The van der Waals surface area contributed by atoms with E-state index < -0.39 is 0 Å². The van der Waals surface area contributed by atoms with Gasteiger partial charge in [0.2, 0.25) is 0 Å². The number of carbonyl (C=O) groups is 1. The van der Waals surface area contributed by atoms with Gasteiger partial charge in [-0.15, -0.1) is 11.3 Å². The van der Waals surface area contributed by atoms with E-state index in [0.717, 1.165) is 55.3 Å². The maximum atomic E-state index is 12.7. The summed E-state index contributed by atoms with van der Waals surface area (Å²) >= 11 is 1.51. The van der Waals surface area contributed by atoms with Gasteiger partial charge in [-0.2, -0.15) is 0 Å². The van der Waals surface area contributed by atoms with Gasteiger partial charge in [-0.1, -0.05) is 20.8 Å². The van der Waals surface area contributed by atoms with Crippen LogP contribution in [-0.2, 0) is 5.41 Å². The number of carbonyl (C=O) groups excluding carboxylic acids is 1. The molecule has 2 atom stereocenters. The normalized spacial score (nSPS) is 26.7. The number of aliphatic hydroxyl groups is 1. The summed E-state index contributed by atoms with van der Waals surface area (Å²) in [6, 6.07) is 0.295. The average Bonchev–Trinajstić information content (AvgIpc) is 3.15. The van der Waals surface area contributed by atoms with Crippen LogP contribution in [0, 0.1) is 0 Å².